The molecule has 1 fully saturated rings. The first-order valence-corrected chi connectivity index (χ1v) is 7.18. The second kappa shape index (κ2) is 5.59. The number of hydrogen-bond donors (Lipinski definition) is 2. The van der Waals surface area contributed by atoms with Gasteiger partial charge in [0.15, 0.2) is 0 Å². The van der Waals surface area contributed by atoms with Gasteiger partial charge in [-0.2, -0.15) is 0 Å². The van der Waals surface area contributed by atoms with Crippen molar-refractivity contribution in [3.63, 3.8) is 0 Å². The smallest absolute Gasteiger partial charge is 0.135 e. The number of aliphatic hydroxyl groups excluding tert-OH is 1. The van der Waals surface area contributed by atoms with Crippen LogP contribution in [0.3, 0.4) is 0 Å². The van der Waals surface area contributed by atoms with Gasteiger partial charge >= 0.3 is 0 Å². The molecule has 0 amide bonds. The van der Waals surface area contributed by atoms with E-state index in [4.69, 9.17) is 4.74 Å². The number of hydrogen-bond acceptors (Lipinski definition) is 3. The molecule has 0 radical (unpaired) electrons. The largest absolute Gasteiger partial charge is 0.495 e. The van der Waals surface area contributed by atoms with Crippen molar-refractivity contribution in [2.75, 3.05) is 12.4 Å². The van der Waals surface area contributed by atoms with E-state index < -0.39 is 0 Å². The molecule has 3 nitrogen and oxygen atoms in total. The van der Waals surface area contributed by atoms with Crippen LogP contribution in [0.15, 0.2) is 21.1 Å². The van der Waals surface area contributed by atoms with Crippen molar-refractivity contribution in [2.45, 2.75) is 31.4 Å². The van der Waals surface area contributed by atoms with Gasteiger partial charge in [0.2, 0.25) is 0 Å². The summed E-state index contributed by atoms with van der Waals surface area (Å²) in [5, 5.41) is 13.2. The molecule has 1 aliphatic carbocycles. The molecule has 0 bridgehead atoms. The van der Waals surface area contributed by atoms with Crippen LogP contribution in [0.5, 0.6) is 5.75 Å². The van der Waals surface area contributed by atoms with Crippen LogP contribution < -0.4 is 10.1 Å². The average molecular weight is 365 g/mol. The van der Waals surface area contributed by atoms with E-state index in [0.29, 0.717) is 0 Å². The molecule has 1 aromatic carbocycles. The number of rotatable bonds is 3. The summed E-state index contributed by atoms with van der Waals surface area (Å²) in [6.45, 7) is 0. The minimum atomic E-state index is -0.253. The molecule has 17 heavy (non-hydrogen) atoms. The molecule has 2 rings (SSSR count). The highest BCUT2D eigenvalue weighted by Gasteiger charge is 2.25. The Labute approximate surface area is 118 Å². The van der Waals surface area contributed by atoms with Crippen LogP contribution in [0.2, 0.25) is 0 Å². The van der Waals surface area contributed by atoms with E-state index in [0.717, 1.165) is 39.6 Å². The number of nitrogens with one attached hydrogen (secondary N) is 1. The lowest BCUT2D eigenvalue weighted by Gasteiger charge is -2.19. The highest BCUT2D eigenvalue weighted by atomic mass is 79.9. The van der Waals surface area contributed by atoms with E-state index in [1.165, 1.54) is 0 Å². The second-order valence-electron chi connectivity index (χ2n) is 4.22. The molecule has 0 aromatic heterocycles. The van der Waals surface area contributed by atoms with Crippen LogP contribution >= 0.6 is 31.9 Å². The van der Waals surface area contributed by atoms with Gasteiger partial charge in [-0.3, -0.25) is 0 Å². The maximum atomic E-state index is 9.80. The van der Waals surface area contributed by atoms with E-state index in [1.807, 2.05) is 12.1 Å². The Kier molecular flexibility index (Phi) is 4.33. The summed E-state index contributed by atoms with van der Waals surface area (Å²) in [6.07, 6.45) is 2.70. The fourth-order valence-electron chi connectivity index (χ4n) is 2.10. The van der Waals surface area contributed by atoms with Gasteiger partial charge in [-0.15, -0.1) is 0 Å². The molecule has 1 saturated carbocycles. The van der Waals surface area contributed by atoms with E-state index >= 15 is 0 Å². The van der Waals surface area contributed by atoms with Gasteiger partial charge in [0.25, 0.3) is 0 Å². The summed E-state index contributed by atoms with van der Waals surface area (Å²) in [4.78, 5) is 0. The third-order valence-corrected chi connectivity index (χ3v) is 4.34. The Bertz CT molecular complexity index is 412. The van der Waals surface area contributed by atoms with Crippen molar-refractivity contribution in [3.8, 4) is 5.75 Å². The van der Waals surface area contributed by atoms with Gasteiger partial charge in [-0.05, 0) is 57.2 Å². The molecule has 0 saturated heterocycles. The van der Waals surface area contributed by atoms with Crippen molar-refractivity contribution in [1.82, 2.24) is 0 Å². The van der Waals surface area contributed by atoms with Gasteiger partial charge in [0, 0.05) is 10.5 Å². The summed E-state index contributed by atoms with van der Waals surface area (Å²) in [5.41, 5.74) is 0.955. The lowest BCUT2D eigenvalue weighted by atomic mass is 10.2. The fourth-order valence-corrected chi connectivity index (χ4v) is 3.38. The topological polar surface area (TPSA) is 41.5 Å². The molecular formula is C12H15Br2NO2. The first kappa shape index (κ1) is 13.2. The van der Waals surface area contributed by atoms with Crippen molar-refractivity contribution >= 4 is 37.5 Å². The third-order valence-electron chi connectivity index (χ3n) is 3.06. The second-order valence-corrected chi connectivity index (χ2v) is 5.92. The summed E-state index contributed by atoms with van der Waals surface area (Å²) in [7, 11) is 1.64. The fraction of sp³-hybridized carbons (Fsp3) is 0.500. The molecule has 1 aliphatic rings. The zero-order valence-electron chi connectivity index (χ0n) is 9.54. The van der Waals surface area contributed by atoms with Crippen LogP contribution in [0, 0.1) is 0 Å². The van der Waals surface area contributed by atoms with Crippen molar-refractivity contribution in [2.24, 2.45) is 0 Å². The Morgan fingerprint density at radius 1 is 1.29 bits per heavy atom. The standard InChI is InChI=1S/C12H15Br2NO2/c1-17-12-6-10(7(13)5-8(12)14)15-9-3-2-4-11(9)16/h5-6,9,11,15-16H,2-4H2,1H3/t9-,11-/m0/s1. The van der Waals surface area contributed by atoms with Gasteiger partial charge in [-0.1, -0.05) is 0 Å². The highest BCUT2D eigenvalue weighted by molar-refractivity contribution is 9.11. The minimum Gasteiger partial charge on any atom is -0.495 e. The first-order chi connectivity index (χ1) is 8.11. The number of ether oxygens (including phenoxy) is 1. The lowest BCUT2D eigenvalue weighted by Crippen LogP contribution is -2.28. The number of halogens is 2. The number of aliphatic hydroxyl groups is 1. The van der Waals surface area contributed by atoms with E-state index in [9.17, 15) is 5.11 Å². The van der Waals surface area contributed by atoms with Crippen molar-refractivity contribution < 1.29 is 9.84 Å². The molecule has 2 N–H and O–H groups in total. The maximum absolute atomic E-state index is 9.80. The van der Waals surface area contributed by atoms with Crippen LogP contribution in [0.4, 0.5) is 5.69 Å². The Balaban J connectivity index is 2.20. The highest BCUT2D eigenvalue weighted by Crippen LogP contribution is 2.36. The summed E-state index contributed by atoms with van der Waals surface area (Å²) >= 11 is 6.94. The van der Waals surface area contributed by atoms with Gasteiger partial charge < -0.3 is 15.2 Å². The maximum Gasteiger partial charge on any atom is 0.135 e. The third kappa shape index (κ3) is 2.95. The van der Waals surface area contributed by atoms with Crippen LogP contribution in [0.1, 0.15) is 19.3 Å². The average Bonchev–Trinajstić information content (AvgIpc) is 2.68. The summed E-state index contributed by atoms with van der Waals surface area (Å²) in [5.74, 6) is 0.781. The molecule has 0 spiro atoms. The predicted molar refractivity (Wildman–Crippen MR) is 75.7 cm³/mol. The van der Waals surface area contributed by atoms with Crippen LogP contribution in [0.25, 0.3) is 0 Å². The number of methoxy groups -OCH3 is 1. The predicted octanol–water partition coefficient (Wildman–Crippen LogP) is 3.55. The first-order valence-electron chi connectivity index (χ1n) is 5.59. The van der Waals surface area contributed by atoms with Crippen molar-refractivity contribution in [1.29, 1.82) is 0 Å². The van der Waals surface area contributed by atoms with Crippen LogP contribution in [-0.2, 0) is 0 Å². The number of benzene rings is 1. The molecule has 1 aromatic rings. The van der Waals surface area contributed by atoms with Gasteiger partial charge in [0.1, 0.15) is 5.75 Å². The number of anilines is 1. The van der Waals surface area contributed by atoms with Crippen molar-refractivity contribution in [3.05, 3.63) is 21.1 Å². The molecule has 5 heteroatoms. The minimum absolute atomic E-state index is 0.136. The Morgan fingerprint density at radius 2 is 2.06 bits per heavy atom. The molecule has 0 unspecified atom stereocenters. The SMILES string of the molecule is COc1cc(N[C@H]2CCC[C@@H]2O)c(Br)cc1Br. The van der Waals surface area contributed by atoms with Gasteiger partial charge in [0.05, 0.1) is 29.4 Å². The van der Waals surface area contributed by atoms with E-state index in [1.54, 1.807) is 7.11 Å². The van der Waals surface area contributed by atoms with E-state index in [2.05, 4.69) is 37.2 Å². The Morgan fingerprint density at radius 3 is 2.65 bits per heavy atom. The quantitative estimate of drug-likeness (QED) is 0.861. The van der Waals surface area contributed by atoms with Gasteiger partial charge in [-0.25, -0.2) is 0 Å². The Hall–Kier alpha value is -0.260. The monoisotopic (exact) mass is 363 g/mol. The lowest BCUT2D eigenvalue weighted by molar-refractivity contribution is 0.172. The molecule has 0 aliphatic heterocycles. The molecular weight excluding hydrogens is 350 g/mol. The zero-order valence-corrected chi connectivity index (χ0v) is 12.7. The normalized spacial score (nSPS) is 23.8. The molecule has 0 heterocycles. The summed E-state index contributed by atoms with van der Waals surface area (Å²) in [6, 6.07) is 4.01. The zero-order chi connectivity index (χ0) is 12.4. The summed E-state index contributed by atoms with van der Waals surface area (Å²) < 4.78 is 7.13. The molecule has 2 atom stereocenters. The van der Waals surface area contributed by atoms with E-state index in [-0.39, 0.29) is 12.1 Å². The van der Waals surface area contributed by atoms with Crippen LogP contribution in [-0.4, -0.2) is 24.4 Å². The molecule has 94 valence electrons.